The largest absolute Gasteiger partial charge is 0.497 e. The summed E-state index contributed by atoms with van der Waals surface area (Å²) in [5.74, 6) is 2.17. The normalized spacial score (nSPS) is 15.1. The van der Waals surface area contributed by atoms with Gasteiger partial charge in [-0.2, -0.15) is 9.78 Å². The molecule has 1 aromatic heterocycles. The Bertz CT molecular complexity index is 1240. The molecule has 6 nitrogen and oxygen atoms in total. The van der Waals surface area contributed by atoms with Crippen molar-refractivity contribution in [2.24, 2.45) is 5.10 Å². The average Bonchev–Trinajstić information content (AvgIpc) is 3.25. The smallest absolute Gasteiger partial charge is 0.213 e. The molecule has 2 heterocycles. The van der Waals surface area contributed by atoms with Crippen molar-refractivity contribution in [3.63, 3.8) is 0 Å². The molecule has 3 aromatic carbocycles. The van der Waals surface area contributed by atoms with Gasteiger partial charge in [0.2, 0.25) is 5.16 Å². The van der Waals surface area contributed by atoms with E-state index in [4.69, 9.17) is 14.6 Å². The van der Waals surface area contributed by atoms with E-state index in [1.165, 1.54) is 11.1 Å². The molecule has 7 heteroatoms. The lowest BCUT2D eigenvalue weighted by molar-refractivity contribution is 0.289. The molecular formula is C25H22N4O2S. The fourth-order valence-corrected chi connectivity index (χ4v) is 4.62. The molecule has 0 amide bonds. The van der Waals surface area contributed by atoms with Gasteiger partial charge in [-0.25, -0.2) is 0 Å². The second kappa shape index (κ2) is 8.88. The van der Waals surface area contributed by atoms with Crippen LogP contribution in [-0.4, -0.2) is 27.7 Å². The molecule has 0 saturated heterocycles. The second-order valence-electron chi connectivity index (χ2n) is 7.43. The molecule has 0 unspecified atom stereocenters. The number of rotatable bonds is 6. The molecule has 1 aliphatic heterocycles. The van der Waals surface area contributed by atoms with E-state index in [2.05, 4.69) is 65.7 Å². The zero-order valence-electron chi connectivity index (χ0n) is 17.8. The van der Waals surface area contributed by atoms with Crippen LogP contribution in [0.1, 0.15) is 27.8 Å². The third kappa shape index (κ3) is 4.11. The van der Waals surface area contributed by atoms with Crippen molar-refractivity contribution in [1.29, 1.82) is 0 Å². The summed E-state index contributed by atoms with van der Waals surface area (Å²) in [6.07, 6.45) is 0. The van der Waals surface area contributed by atoms with Gasteiger partial charge in [0.25, 0.3) is 0 Å². The zero-order chi connectivity index (χ0) is 21.9. The zero-order valence-corrected chi connectivity index (χ0v) is 18.6. The minimum atomic E-state index is 0.0333. The van der Waals surface area contributed by atoms with Gasteiger partial charge in [0.1, 0.15) is 18.1 Å². The van der Waals surface area contributed by atoms with Crippen LogP contribution in [0.2, 0.25) is 0 Å². The van der Waals surface area contributed by atoms with Gasteiger partial charge >= 0.3 is 0 Å². The number of nitrogens with zero attached hydrogens (tertiary/aromatic N) is 4. The van der Waals surface area contributed by atoms with Crippen molar-refractivity contribution < 1.29 is 9.47 Å². The highest BCUT2D eigenvalue weighted by Gasteiger charge is 2.30. The SMILES string of the molecule is COc1ccc(OCc2nnc3n2N=C(c2ccc(C)cc2)[C@H](c2ccccc2)S3)cc1. The van der Waals surface area contributed by atoms with Gasteiger partial charge in [0, 0.05) is 0 Å². The van der Waals surface area contributed by atoms with E-state index in [-0.39, 0.29) is 11.9 Å². The molecule has 4 aromatic rings. The van der Waals surface area contributed by atoms with Crippen LogP contribution in [0.4, 0.5) is 0 Å². The van der Waals surface area contributed by atoms with Crippen LogP contribution in [-0.2, 0) is 6.61 Å². The number of aryl methyl sites for hydroxylation is 1. The summed E-state index contributed by atoms with van der Waals surface area (Å²) in [5, 5.41) is 14.5. The lowest BCUT2D eigenvalue weighted by Crippen LogP contribution is -2.19. The fourth-order valence-electron chi connectivity index (χ4n) is 3.49. The molecular weight excluding hydrogens is 420 g/mol. The Morgan fingerprint density at radius 1 is 0.875 bits per heavy atom. The summed E-state index contributed by atoms with van der Waals surface area (Å²) in [5.41, 5.74) is 4.45. The van der Waals surface area contributed by atoms with Crippen molar-refractivity contribution in [2.75, 3.05) is 7.11 Å². The van der Waals surface area contributed by atoms with Crippen molar-refractivity contribution in [3.8, 4) is 11.5 Å². The Hall–Kier alpha value is -3.58. The maximum absolute atomic E-state index is 5.93. The first-order chi connectivity index (χ1) is 15.7. The number of hydrogen-bond donors (Lipinski definition) is 0. The molecule has 160 valence electrons. The predicted molar refractivity (Wildman–Crippen MR) is 126 cm³/mol. The summed E-state index contributed by atoms with van der Waals surface area (Å²) in [4.78, 5) is 0. The molecule has 0 fully saturated rings. The fraction of sp³-hybridized carbons (Fsp3) is 0.160. The Morgan fingerprint density at radius 2 is 1.59 bits per heavy atom. The number of hydrogen-bond acceptors (Lipinski definition) is 6. The van der Waals surface area contributed by atoms with Crippen LogP contribution < -0.4 is 9.47 Å². The van der Waals surface area contributed by atoms with Crippen LogP contribution in [0, 0.1) is 6.92 Å². The lowest BCUT2D eigenvalue weighted by atomic mass is 10.0. The molecule has 1 aliphatic rings. The van der Waals surface area contributed by atoms with E-state index < -0.39 is 0 Å². The second-order valence-corrected chi connectivity index (χ2v) is 8.51. The van der Waals surface area contributed by atoms with Gasteiger partial charge < -0.3 is 9.47 Å². The van der Waals surface area contributed by atoms with E-state index in [1.807, 2.05) is 30.3 Å². The highest BCUT2D eigenvalue weighted by atomic mass is 32.2. The number of aromatic nitrogens is 3. The topological polar surface area (TPSA) is 61.5 Å². The molecule has 5 rings (SSSR count). The minimum absolute atomic E-state index is 0.0333. The van der Waals surface area contributed by atoms with Crippen LogP contribution >= 0.6 is 11.8 Å². The quantitative estimate of drug-likeness (QED) is 0.407. The van der Waals surface area contributed by atoms with Gasteiger partial charge in [-0.15, -0.1) is 10.2 Å². The molecule has 32 heavy (non-hydrogen) atoms. The number of benzene rings is 3. The van der Waals surface area contributed by atoms with E-state index >= 15 is 0 Å². The molecule has 0 spiro atoms. The summed E-state index contributed by atoms with van der Waals surface area (Å²) < 4.78 is 12.9. The number of methoxy groups -OCH3 is 1. The molecule has 0 radical (unpaired) electrons. The molecule has 0 bridgehead atoms. The van der Waals surface area contributed by atoms with Crippen molar-refractivity contribution in [2.45, 2.75) is 23.9 Å². The number of ether oxygens (including phenoxy) is 2. The van der Waals surface area contributed by atoms with Gasteiger partial charge in [0.15, 0.2) is 5.82 Å². The number of thioether (sulfide) groups is 1. The van der Waals surface area contributed by atoms with Crippen molar-refractivity contribution in [1.82, 2.24) is 14.9 Å². The maximum atomic E-state index is 5.93. The first-order valence-corrected chi connectivity index (χ1v) is 11.2. The predicted octanol–water partition coefficient (Wildman–Crippen LogP) is 5.27. The van der Waals surface area contributed by atoms with Gasteiger partial charge in [-0.05, 0) is 42.3 Å². The Kier molecular flexibility index (Phi) is 5.64. The van der Waals surface area contributed by atoms with Crippen LogP contribution in [0.15, 0.2) is 89.1 Å². The summed E-state index contributed by atoms with van der Waals surface area (Å²) in [6.45, 7) is 2.35. The minimum Gasteiger partial charge on any atom is -0.497 e. The highest BCUT2D eigenvalue weighted by Crippen LogP contribution is 2.41. The average molecular weight is 443 g/mol. The van der Waals surface area contributed by atoms with E-state index in [0.717, 1.165) is 27.9 Å². The third-order valence-electron chi connectivity index (χ3n) is 5.23. The lowest BCUT2D eigenvalue weighted by Gasteiger charge is -2.23. The summed E-state index contributed by atoms with van der Waals surface area (Å²) in [6, 6.07) is 26.3. The highest BCUT2D eigenvalue weighted by molar-refractivity contribution is 8.00. The third-order valence-corrected chi connectivity index (χ3v) is 6.43. The Labute approximate surface area is 190 Å². The van der Waals surface area contributed by atoms with E-state index in [0.29, 0.717) is 5.82 Å². The van der Waals surface area contributed by atoms with E-state index in [9.17, 15) is 0 Å². The van der Waals surface area contributed by atoms with Gasteiger partial charge in [0.05, 0.1) is 18.1 Å². The first kappa shape index (κ1) is 20.3. The number of fused-ring (bicyclic) bond motifs is 1. The molecule has 0 aliphatic carbocycles. The Morgan fingerprint density at radius 3 is 2.31 bits per heavy atom. The van der Waals surface area contributed by atoms with Gasteiger partial charge in [-0.3, -0.25) is 0 Å². The summed E-state index contributed by atoms with van der Waals surface area (Å²) >= 11 is 1.65. The Balaban J connectivity index is 1.47. The van der Waals surface area contributed by atoms with Gasteiger partial charge in [-0.1, -0.05) is 71.9 Å². The van der Waals surface area contributed by atoms with E-state index in [1.54, 1.807) is 23.5 Å². The molecule has 1 atom stereocenters. The molecule has 0 N–H and O–H groups in total. The van der Waals surface area contributed by atoms with Crippen LogP contribution in [0.5, 0.6) is 11.5 Å². The summed E-state index contributed by atoms with van der Waals surface area (Å²) in [7, 11) is 1.64. The monoisotopic (exact) mass is 442 g/mol. The van der Waals surface area contributed by atoms with Crippen molar-refractivity contribution in [3.05, 3.63) is 101 Å². The standard InChI is InChI=1S/C25H22N4O2S/c1-17-8-10-18(11-9-17)23-24(19-6-4-3-5-7-19)32-25-27-26-22(29(25)28-23)16-31-21-14-12-20(30-2)13-15-21/h3-15,24H,16H2,1-2H3/t24-/m0/s1. The molecule has 0 saturated carbocycles. The first-order valence-electron chi connectivity index (χ1n) is 10.3. The van der Waals surface area contributed by atoms with Crippen LogP contribution in [0.25, 0.3) is 0 Å². The van der Waals surface area contributed by atoms with Crippen molar-refractivity contribution >= 4 is 17.5 Å². The maximum Gasteiger partial charge on any atom is 0.213 e. The van der Waals surface area contributed by atoms with Crippen LogP contribution in [0.3, 0.4) is 0 Å².